The van der Waals surface area contributed by atoms with Gasteiger partial charge in [0.2, 0.25) is 0 Å². The van der Waals surface area contributed by atoms with Gasteiger partial charge in [-0.25, -0.2) is 0 Å². The molecule has 0 spiro atoms. The molecule has 0 fully saturated rings. The van der Waals surface area contributed by atoms with E-state index in [1.54, 1.807) is 0 Å². The predicted molar refractivity (Wildman–Crippen MR) is 130 cm³/mol. The fourth-order valence-electron chi connectivity index (χ4n) is 5.00. The van der Waals surface area contributed by atoms with Crippen LogP contribution in [0, 0.1) is 0 Å². The first-order valence-electron chi connectivity index (χ1n) is 11.7. The second-order valence-electron chi connectivity index (χ2n) is 9.35. The summed E-state index contributed by atoms with van der Waals surface area (Å²) in [6.07, 6.45) is -19.0. The molecule has 0 bridgehead atoms. The molecule has 0 nitrogen and oxygen atoms in total. The van der Waals surface area contributed by atoms with Gasteiger partial charge < -0.3 is 0 Å². The van der Waals surface area contributed by atoms with E-state index in [1.165, 1.54) is 0 Å². The van der Waals surface area contributed by atoms with Crippen molar-refractivity contribution in [2.75, 3.05) is 0 Å². The number of hydrogen-bond donors (Lipinski definition) is 0. The molecule has 4 aromatic rings. The van der Waals surface area contributed by atoms with Crippen molar-refractivity contribution in [3.63, 3.8) is 0 Å². The average molecular weight is 650 g/mol. The van der Waals surface area contributed by atoms with Crippen LogP contribution in [-0.2, 0) is 24.7 Å². The number of rotatable bonds is 4. The Morgan fingerprint density at radius 2 is 0.415 bits per heavy atom. The van der Waals surface area contributed by atoms with Crippen molar-refractivity contribution in [3.8, 4) is 0 Å². The monoisotopic (exact) mass is 649 g/mol. The second-order valence-corrected chi connectivity index (χ2v) is 18.6. The molecule has 0 amide bonds. The van der Waals surface area contributed by atoms with Crippen molar-refractivity contribution in [3.05, 3.63) is 119 Å². The zero-order chi connectivity index (χ0) is 30.4. The average Bonchev–Trinajstić information content (AvgIpc) is 2.88. The van der Waals surface area contributed by atoms with Crippen LogP contribution in [0.1, 0.15) is 22.3 Å². The van der Waals surface area contributed by atoms with Crippen LogP contribution in [-0.4, -0.2) is 15.0 Å². The van der Waals surface area contributed by atoms with Gasteiger partial charge in [-0.05, 0) is 0 Å². The zero-order valence-electron chi connectivity index (χ0n) is 20.4. The summed E-state index contributed by atoms with van der Waals surface area (Å²) in [5, 5.41) is 0. The molecule has 0 heterocycles. The summed E-state index contributed by atoms with van der Waals surface area (Å²) in [4.78, 5) is 0. The van der Waals surface area contributed by atoms with E-state index in [-0.39, 0.29) is 16.5 Å². The minimum absolute atomic E-state index is 0.152. The van der Waals surface area contributed by atoms with E-state index >= 15 is 0 Å². The molecular formula is C28H16F12Ga-. The molecule has 0 N–H and O–H groups in total. The van der Waals surface area contributed by atoms with Gasteiger partial charge in [0.05, 0.1) is 0 Å². The molecule has 0 saturated carbocycles. The van der Waals surface area contributed by atoms with Gasteiger partial charge in [-0.2, -0.15) is 0 Å². The van der Waals surface area contributed by atoms with Gasteiger partial charge >= 0.3 is 228 Å². The van der Waals surface area contributed by atoms with Crippen molar-refractivity contribution in [2.45, 2.75) is 24.7 Å². The zero-order valence-corrected chi connectivity index (χ0v) is 22.8. The molecule has 0 unspecified atom stereocenters. The van der Waals surface area contributed by atoms with Gasteiger partial charge in [-0.3, -0.25) is 0 Å². The third kappa shape index (κ3) is 6.15. The SMILES string of the molecule is FC(F)(F)c1cc[c]([Ga-]([c]2ccc(C(F)(F)F)cc2)([c]2ccc(C(F)(F)F)cc2)[c]2ccc(C(F)(F)F)cc2)cc1. The van der Waals surface area contributed by atoms with Gasteiger partial charge in [0, 0.05) is 0 Å². The molecule has 41 heavy (non-hydrogen) atoms. The number of halogens is 12. The third-order valence-electron chi connectivity index (χ3n) is 6.95. The van der Waals surface area contributed by atoms with Gasteiger partial charge in [0.25, 0.3) is 0 Å². The Kier molecular flexibility index (Phi) is 7.84. The third-order valence-corrected chi connectivity index (χ3v) is 18.6. The Morgan fingerprint density at radius 3 is 0.537 bits per heavy atom. The fraction of sp³-hybridized carbons (Fsp3) is 0.143. The van der Waals surface area contributed by atoms with E-state index < -0.39 is 62.0 Å². The van der Waals surface area contributed by atoms with Crippen LogP contribution in [0.5, 0.6) is 0 Å². The Bertz CT molecular complexity index is 1240. The summed E-state index contributed by atoms with van der Waals surface area (Å²) >= 11 is -5.10. The Labute approximate surface area is 228 Å². The van der Waals surface area contributed by atoms with E-state index in [0.29, 0.717) is 0 Å². The van der Waals surface area contributed by atoms with Gasteiger partial charge in [0.1, 0.15) is 0 Å². The first-order valence-corrected chi connectivity index (χ1v) is 16.6. The quantitative estimate of drug-likeness (QED) is 0.163. The maximum absolute atomic E-state index is 13.4. The normalized spacial score (nSPS) is 13.4. The number of benzene rings is 4. The molecule has 13 heteroatoms. The predicted octanol–water partition coefficient (Wildman–Crippen LogP) is 7.14. The molecule has 0 aliphatic carbocycles. The van der Waals surface area contributed by atoms with Crippen LogP contribution < -0.4 is 16.5 Å². The fourth-order valence-corrected chi connectivity index (χ4v) is 16.3. The van der Waals surface area contributed by atoms with E-state index in [9.17, 15) is 52.7 Å². The summed E-state index contributed by atoms with van der Waals surface area (Å²) < 4.78 is 161. The molecular weight excluding hydrogens is 634 g/mol. The van der Waals surface area contributed by atoms with Gasteiger partial charge in [0.15, 0.2) is 0 Å². The van der Waals surface area contributed by atoms with Gasteiger partial charge in [-0.15, -0.1) is 0 Å². The molecule has 0 aliphatic heterocycles. The second kappa shape index (κ2) is 10.5. The molecule has 216 valence electrons. The number of alkyl halides is 12. The summed E-state index contributed by atoms with van der Waals surface area (Å²) in [5.74, 6) is 0. The van der Waals surface area contributed by atoms with Crippen LogP contribution in [0.15, 0.2) is 97.1 Å². The molecule has 0 aromatic heterocycles. The van der Waals surface area contributed by atoms with E-state index in [0.717, 1.165) is 97.1 Å². The Balaban J connectivity index is 2.09. The maximum atomic E-state index is 13.4. The molecule has 0 radical (unpaired) electrons. The molecule has 0 saturated heterocycles. The minimum atomic E-state index is -5.10. The summed E-state index contributed by atoms with van der Waals surface area (Å²) in [7, 11) is 0. The van der Waals surface area contributed by atoms with Crippen LogP contribution in [0.3, 0.4) is 0 Å². The Hall–Kier alpha value is -3.32. The summed E-state index contributed by atoms with van der Waals surface area (Å²) in [6.45, 7) is 0. The molecule has 4 aromatic carbocycles. The molecule has 0 aliphatic rings. The van der Waals surface area contributed by atoms with E-state index in [2.05, 4.69) is 0 Å². The topological polar surface area (TPSA) is 0 Å². The van der Waals surface area contributed by atoms with Crippen molar-refractivity contribution in [1.29, 1.82) is 0 Å². The van der Waals surface area contributed by atoms with E-state index in [1.807, 2.05) is 0 Å². The van der Waals surface area contributed by atoms with Crippen molar-refractivity contribution >= 4 is 31.5 Å². The summed E-state index contributed by atoms with van der Waals surface area (Å²) in [6, 6.07) is 14.3. The number of hydrogen-bond acceptors (Lipinski definition) is 0. The van der Waals surface area contributed by atoms with Crippen molar-refractivity contribution in [2.24, 2.45) is 0 Å². The van der Waals surface area contributed by atoms with Crippen LogP contribution >= 0.6 is 0 Å². The van der Waals surface area contributed by atoms with Crippen LogP contribution in [0.25, 0.3) is 0 Å². The Morgan fingerprint density at radius 1 is 0.268 bits per heavy atom. The standard InChI is InChI=1S/4C7H4F3.Ga/c4*8-7(9,10)6-4-2-1-3-5-6;/h4*2-5H;/q;;;;-1. The molecule has 0 atom stereocenters. The first-order chi connectivity index (χ1) is 18.8. The van der Waals surface area contributed by atoms with Crippen LogP contribution in [0.2, 0.25) is 0 Å². The van der Waals surface area contributed by atoms with Crippen molar-refractivity contribution < 1.29 is 52.7 Å². The molecule has 4 rings (SSSR count). The van der Waals surface area contributed by atoms with E-state index in [4.69, 9.17) is 0 Å². The summed E-state index contributed by atoms with van der Waals surface area (Å²) in [5.41, 5.74) is -4.25. The van der Waals surface area contributed by atoms with Crippen molar-refractivity contribution in [1.82, 2.24) is 0 Å². The van der Waals surface area contributed by atoms with Gasteiger partial charge in [-0.1, -0.05) is 0 Å². The first kappa shape index (κ1) is 30.6. The van der Waals surface area contributed by atoms with Crippen LogP contribution in [0.4, 0.5) is 52.7 Å².